The van der Waals surface area contributed by atoms with Gasteiger partial charge in [0.1, 0.15) is 25.0 Å². The molecule has 3 rings (SSSR count). The fourth-order valence-electron chi connectivity index (χ4n) is 6.20. The maximum atomic E-state index is 14.0. The number of carbonyl (C=O) groups is 5. The highest BCUT2D eigenvalue weighted by Gasteiger charge is 2.34. The van der Waals surface area contributed by atoms with Crippen LogP contribution in [0.1, 0.15) is 97.0 Å². The molecule has 1 fully saturated rings. The second-order valence-electron chi connectivity index (χ2n) is 12.7. The van der Waals surface area contributed by atoms with Gasteiger partial charge in [0, 0.05) is 43.2 Å². The van der Waals surface area contributed by atoms with Gasteiger partial charge in [-0.1, -0.05) is 64.7 Å². The number of amides is 2. The Labute approximate surface area is 278 Å². The minimum absolute atomic E-state index is 0.00213. The van der Waals surface area contributed by atoms with Crippen molar-refractivity contribution in [3.8, 4) is 0 Å². The number of rotatable bonds is 20. The van der Waals surface area contributed by atoms with E-state index in [-0.39, 0.29) is 42.3 Å². The summed E-state index contributed by atoms with van der Waals surface area (Å²) in [6, 6.07) is 5.40. The summed E-state index contributed by atoms with van der Waals surface area (Å²) in [5.74, 6) is -2.09. The van der Waals surface area contributed by atoms with Gasteiger partial charge < -0.3 is 25.5 Å². The third-order valence-corrected chi connectivity index (χ3v) is 9.40. The fourth-order valence-corrected chi connectivity index (χ4v) is 6.20. The lowest BCUT2D eigenvalue weighted by Gasteiger charge is -2.27. The number of methoxy groups -OCH3 is 1. The lowest BCUT2D eigenvalue weighted by Crippen LogP contribution is -2.55. The van der Waals surface area contributed by atoms with E-state index >= 15 is 0 Å². The predicted octanol–water partition coefficient (Wildman–Crippen LogP) is 4.08. The fraction of sp³-hybridized carbons (Fsp3) is 0.639. The first-order valence-corrected chi connectivity index (χ1v) is 17.2. The molecule has 0 radical (unpaired) electrons. The number of aromatic nitrogens is 1. The number of unbranched alkanes of at least 4 members (excludes halogenated alkanes) is 2. The first kappa shape index (κ1) is 37.7. The predicted molar refractivity (Wildman–Crippen MR) is 181 cm³/mol. The van der Waals surface area contributed by atoms with Crippen molar-refractivity contribution < 1.29 is 33.5 Å². The molecule has 47 heavy (non-hydrogen) atoms. The monoisotopic (exact) mass is 654 g/mol. The SMILES string of the molecule is CCC(=O)CCCCC[C@H](CC(=O)[C@H]1CCCCN1)C(=O)N[C@@H](Cc1cn(OC)c2ccccc12)C(=O)N[C@H](C(=O)OC)C(C)CC. The van der Waals surface area contributed by atoms with Gasteiger partial charge in [0.2, 0.25) is 11.8 Å². The zero-order valence-corrected chi connectivity index (χ0v) is 28.8. The average molecular weight is 655 g/mol. The van der Waals surface area contributed by atoms with E-state index in [2.05, 4.69) is 16.0 Å². The number of benzene rings is 1. The number of Topliss-reactive ketones (excluding diaryl/α,β-unsaturated/α-hetero) is 2. The van der Waals surface area contributed by atoms with Gasteiger partial charge >= 0.3 is 5.97 Å². The molecule has 1 aromatic carbocycles. The summed E-state index contributed by atoms with van der Waals surface area (Å²) < 4.78 is 6.60. The van der Waals surface area contributed by atoms with E-state index in [1.807, 2.05) is 45.0 Å². The quantitative estimate of drug-likeness (QED) is 0.143. The molecule has 260 valence electrons. The molecule has 1 aliphatic rings. The number of esters is 1. The van der Waals surface area contributed by atoms with Crippen LogP contribution >= 0.6 is 0 Å². The second kappa shape index (κ2) is 19.2. The van der Waals surface area contributed by atoms with Crippen LogP contribution in [-0.2, 0) is 35.1 Å². The number of ketones is 2. The summed E-state index contributed by atoms with van der Waals surface area (Å²) in [6.07, 6.45) is 8.98. The molecular formula is C36H54N4O7. The third kappa shape index (κ3) is 10.9. The molecule has 2 amide bonds. The molecule has 1 aromatic heterocycles. The zero-order valence-electron chi connectivity index (χ0n) is 28.8. The summed E-state index contributed by atoms with van der Waals surface area (Å²) in [7, 11) is 2.83. The molecular weight excluding hydrogens is 600 g/mol. The Balaban J connectivity index is 1.88. The van der Waals surface area contributed by atoms with E-state index in [1.54, 1.807) is 18.0 Å². The molecule has 5 atom stereocenters. The van der Waals surface area contributed by atoms with E-state index in [0.717, 1.165) is 55.1 Å². The van der Waals surface area contributed by atoms with Crippen LogP contribution in [0.4, 0.5) is 0 Å². The number of piperidine rings is 1. The molecule has 2 heterocycles. The number of nitrogens with one attached hydrogen (secondary N) is 3. The van der Waals surface area contributed by atoms with E-state index in [0.29, 0.717) is 32.1 Å². The summed E-state index contributed by atoms with van der Waals surface area (Å²) in [6.45, 7) is 6.40. The van der Waals surface area contributed by atoms with Crippen LogP contribution in [0.25, 0.3) is 10.9 Å². The van der Waals surface area contributed by atoms with E-state index in [9.17, 15) is 24.0 Å². The van der Waals surface area contributed by atoms with Crippen molar-refractivity contribution in [3.05, 3.63) is 36.0 Å². The standard InChI is InChI=1S/C36H54N4O7/c1-6-24(3)33(36(45)46-4)39-35(44)30(21-26-23-40(47-5)31-19-12-11-17-28(26)31)38-34(43)25(15-9-8-10-16-27(41)7-2)22-32(42)29-18-13-14-20-37-29/h11-12,17,19,23-25,29-30,33,37H,6-10,13-16,18,20-22H2,1-5H3,(H,38,43)(H,39,44)/t24?,25-,29-,30+,33+/m1/s1. The number of nitrogens with zero attached hydrogens (tertiary/aromatic N) is 1. The number of fused-ring (bicyclic) bond motifs is 1. The largest absolute Gasteiger partial charge is 0.467 e. The van der Waals surface area contributed by atoms with Gasteiger partial charge in [-0.15, -0.1) is 0 Å². The highest BCUT2D eigenvalue weighted by Crippen LogP contribution is 2.24. The van der Waals surface area contributed by atoms with E-state index in [1.165, 1.54) is 7.11 Å². The average Bonchev–Trinajstić information content (AvgIpc) is 3.46. The Morgan fingerprint density at radius 3 is 2.43 bits per heavy atom. The second-order valence-corrected chi connectivity index (χ2v) is 12.7. The molecule has 0 saturated carbocycles. The normalized spacial score (nSPS) is 17.3. The van der Waals surface area contributed by atoms with Crippen molar-refractivity contribution in [1.82, 2.24) is 20.7 Å². The van der Waals surface area contributed by atoms with Crippen molar-refractivity contribution in [2.75, 3.05) is 20.8 Å². The van der Waals surface area contributed by atoms with Crippen LogP contribution in [0.3, 0.4) is 0 Å². The molecule has 11 heteroatoms. The molecule has 0 spiro atoms. The first-order chi connectivity index (χ1) is 22.6. The molecule has 2 aromatic rings. The summed E-state index contributed by atoms with van der Waals surface area (Å²) in [5.41, 5.74) is 1.59. The van der Waals surface area contributed by atoms with Gasteiger partial charge in [-0.25, -0.2) is 4.79 Å². The summed E-state index contributed by atoms with van der Waals surface area (Å²) in [4.78, 5) is 71.3. The molecule has 3 N–H and O–H groups in total. The van der Waals surface area contributed by atoms with Crippen LogP contribution < -0.4 is 20.8 Å². The maximum Gasteiger partial charge on any atom is 0.328 e. The Hall–Kier alpha value is -3.73. The van der Waals surface area contributed by atoms with Crippen LogP contribution in [-0.4, -0.2) is 73.0 Å². The van der Waals surface area contributed by atoms with Gasteiger partial charge in [0.05, 0.1) is 18.7 Å². The highest BCUT2D eigenvalue weighted by molar-refractivity contribution is 5.94. The van der Waals surface area contributed by atoms with Gasteiger partial charge in [-0.3, -0.25) is 19.2 Å². The minimum atomic E-state index is -1.04. The Morgan fingerprint density at radius 1 is 1.00 bits per heavy atom. The number of ether oxygens (including phenoxy) is 1. The highest BCUT2D eigenvalue weighted by atomic mass is 16.6. The molecule has 0 aliphatic carbocycles. The van der Waals surface area contributed by atoms with Crippen molar-refractivity contribution in [2.24, 2.45) is 11.8 Å². The van der Waals surface area contributed by atoms with Crippen LogP contribution in [0, 0.1) is 11.8 Å². The minimum Gasteiger partial charge on any atom is -0.467 e. The Morgan fingerprint density at radius 2 is 1.77 bits per heavy atom. The van der Waals surface area contributed by atoms with Gasteiger partial charge in [0.25, 0.3) is 0 Å². The lowest BCUT2D eigenvalue weighted by molar-refractivity contribution is -0.147. The van der Waals surface area contributed by atoms with E-state index in [4.69, 9.17) is 9.57 Å². The topological polar surface area (TPSA) is 145 Å². The number of carbonyl (C=O) groups excluding carboxylic acids is 5. The molecule has 0 bridgehead atoms. The number of hydrogen-bond acceptors (Lipinski definition) is 8. The Bertz CT molecular complexity index is 1350. The summed E-state index contributed by atoms with van der Waals surface area (Å²) in [5, 5.41) is 9.97. The molecule has 1 aliphatic heterocycles. The van der Waals surface area contributed by atoms with Crippen LogP contribution in [0.15, 0.2) is 30.5 Å². The third-order valence-electron chi connectivity index (χ3n) is 9.40. The van der Waals surface area contributed by atoms with Crippen molar-refractivity contribution in [2.45, 2.75) is 116 Å². The first-order valence-electron chi connectivity index (χ1n) is 17.2. The number of para-hydroxylation sites is 1. The van der Waals surface area contributed by atoms with Crippen molar-refractivity contribution in [3.63, 3.8) is 0 Å². The van der Waals surface area contributed by atoms with E-state index < -0.39 is 29.9 Å². The van der Waals surface area contributed by atoms with Crippen molar-refractivity contribution >= 4 is 40.3 Å². The van der Waals surface area contributed by atoms with Gasteiger partial charge in [0.15, 0.2) is 5.78 Å². The maximum absolute atomic E-state index is 14.0. The van der Waals surface area contributed by atoms with Crippen molar-refractivity contribution in [1.29, 1.82) is 0 Å². The lowest BCUT2D eigenvalue weighted by atomic mass is 9.89. The Kier molecular flexibility index (Phi) is 15.4. The van der Waals surface area contributed by atoms with Crippen LogP contribution in [0.5, 0.6) is 0 Å². The number of hydrogen-bond donors (Lipinski definition) is 3. The van der Waals surface area contributed by atoms with Gasteiger partial charge in [-0.05, 0) is 49.8 Å². The van der Waals surface area contributed by atoms with Crippen LogP contribution in [0.2, 0.25) is 0 Å². The zero-order chi connectivity index (χ0) is 34.3. The summed E-state index contributed by atoms with van der Waals surface area (Å²) >= 11 is 0. The van der Waals surface area contributed by atoms with Gasteiger partial charge in [-0.2, -0.15) is 4.73 Å². The molecule has 11 nitrogen and oxygen atoms in total. The molecule has 1 saturated heterocycles. The smallest absolute Gasteiger partial charge is 0.328 e. The molecule has 1 unspecified atom stereocenters.